The fourth-order valence-corrected chi connectivity index (χ4v) is 3.10. The first-order valence-electron chi connectivity index (χ1n) is 8.13. The number of piperazine rings is 1. The fourth-order valence-electron chi connectivity index (χ4n) is 2.94. The van der Waals surface area contributed by atoms with Crippen LogP contribution in [-0.2, 0) is 4.79 Å². The van der Waals surface area contributed by atoms with Gasteiger partial charge in [-0.1, -0.05) is 17.7 Å². The van der Waals surface area contributed by atoms with Crippen LogP contribution in [0.2, 0.25) is 5.02 Å². The highest BCUT2D eigenvalue weighted by Crippen LogP contribution is 2.27. The molecule has 0 unspecified atom stereocenters. The van der Waals surface area contributed by atoms with Crippen LogP contribution < -0.4 is 10.2 Å². The zero-order chi connectivity index (χ0) is 15.5. The summed E-state index contributed by atoms with van der Waals surface area (Å²) in [6.07, 6.45) is 2.64. The molecule has 1 aromatic carbocycles. The van der Waals surface area contributed by atoms with Crippen molar-refractivity contribution in [1.82, 2.24) is 10.2 Å². The normalized spacial score (nSPS) is 17.1. The second-order valence-electron chi connectivity index (χ2n) is 6.37. The van der Waals surface area contributed by atoms with Gasteiger partial charge in [0.25, 0.3) is 0 Å². The van der Waals surface area contributed by atoms with Gasteiger partial charge in [-0.3, -0.25) is 4.79 Å². The molecule has 1 aromatic rings. The minimum absolute atomic E-state index is 0. The van der Waals surface area contributed by atoms with Crippen molar-refractivity contribution in [3.8, 4) is 0 Å². The number of nitrogens with one attached hydrogen (secondary N) is 1. The fraction of sp³-hybridized carbons (Fsp3) is 0.588. The molecule has 2 fully saturated rings. The van der Waals surface area contributed by atoms with E-state index in [9.17, 15) is 4.79 Å². The summed E-state index contributed by atoms with van der Waals surface area (Å²) in [5.41, 5.74) is 2.42. The molecular formula is C17H26Cl3N3O. The molecule has 1 saturated carbocycles. The molecule has 0 aromatic heterocycles. The van der Waals surface area contributed by atoms with Crippen LogP contribution in [0.3, 0.4) is 0 Å². The number of rotatable bonds is 5. The number of hydrogen-bond donors (Lipinski definition) is 1. The number of carbonyl (C=O) groups excluding carboxylic acids is 1. The molecule has 0 radical (unpaired) electrons. The Bertz CT molecular complexity index is 544. The van der Waals surface area contributed by atoms with Gasteiger partial charge in [0.1, 0.15) is 0 Å². The zero-order valence-electron chi connectivity index (χ0n) is 14.0. The first kappa shape index (κ1) is 21.4. The lowest BCUT2D eigenvalue weighted by molar-refractivity contribution is -0.130. The molecule has 24 heavy (non-hydrogen) atoms. The molecule has 1 amide bonds. The Morgan fingerprint density at radius 3 is 2.50 bits per heavy atom. The van der Waals surface area contributed by atoms with Gasteiger partial charge in [0.2, 0.25) is 5.91 Å². The van der Waals surface area contributed by atoms with Gasteiger partial charge in [-0.2, -0.15) is 0 Å². The van der Waals surface area contributed by atoms with E-state index in [0.29, 0.717) is 6.54 Å². The average Bonchev–Trinajstić information content (AvgIpc) is 3.34. The predicted octanol–water partition coefficient (Wildman–Crippen LogP) is 3.14. The molecule has 1 N–H and O–H groups in total. The van der Waals surface area contributed by atoms with Crippen molar-refractivity contribution in [1.29, 1.82) is 0 Å². The third-order valence-electron chi connectivity index (χ3n) is 4.55. The second kappa shape index (κ2) is 9.71. The lowest BCUT2D eigenvalue weighted by Gasteiger charge is -2.37. The molecule has 1 saturated heterocycles. The Morgan fingerprint density at radius 1 is 1.21 bits per heavy atom. The third kappa shape index (κ3) is 5.69. The zero-order valence-corrected chi connectivity index (χ0v) is 16.4. The van der Waals surface area contributed by atoms with Crippen LogP contribution in [0.4, 0.5) is 5.69 Å². The summed E-state index contributed by atoms with van der Waals surface area (Å²) in [6, 6.07) is 5.99. The van der Waals surface area contributed by atoms with Crippen LogP contribution in [0, 0.1) is 12.8 Å². The highest BCUT2D eigenvalue weighted by atomic mass is 35.5. The van der Waals surface area contributed by atoms with Crippen molar-refractivity contribution in [3.63, 3.8) is 0 Å². The maximum absolute atomic E-state index is 12.2. The maximum Gasteiger partial charge on any atom is 0.236 e. The number of halogens is 3. The van der Waals surface area contributed by atoms with E-state index in [-0.39, 0.29) is 30.7 Å². The van der Waals surface area contributed by atoms with E-state index in [1.807, 2.05) is 17.0 Å². The lowest BCUT2D eigenvalue weighted by atomic mass is 10.1. The summed E-state index contributed by atoms with van der Waals surface area (Å²) in [4.78, 5) is 16.5. The smallest absolute Gasteiger partial charge is 0.236 e. The minimum Gasteiger partial charge on any atom is -0.368 e. The molecule has 7 heteroatoms. The van der Waals surface area contributed by atoms with Crippen molar-refractivity contribution in [2.45, 2.75) is 19.8 Å². The summed E-state index contributed by atoms with van der Waals surface area (Å²) in [7, 11) is 0. The van der Waals surface area contributed by atoms with E-state index in [0.717, 1.165) is 43.7 Å². The highest BCUT2D eigenvalue weighted by Gasteiger charge is 2.24. The average molecular weight is 395 g/mol. The summed E-state index contributed by atoms with van der Waals surface area (Å²) < 4.78 is 0. The lowest BCUT2D eigenvalue weighted by Crippen LogP contribution is -2.51. The molecule has 0 atom stereocenters. The molecule has 0 bridgehead atoms. The summed E-state index contributed by atoms with van der Waals surface area (Å²) in [6.45, 7) is 6.89. The number of nitrogens with zero attached hydrogens (tertiary/aromatic N) is 2. The summed E-state index contributed by atoms with van der Waals surface area (Å²) in [5, 5.41) is 4.05. The standard InChI is InChI=1S/C17H24ClN3O.2ClH/c1-13-2-5-15(18)10-16(13)20-6-8-21(9-7-20)17(22)12-19-11-14-3-4-14;;/h2,5,10,14,19H,3-4,6-9,11-12H2,1H3;2*1H. The van der Waals surface area contributed by atoms with Crippen LogP contribution in [0.15, 0.2) is 18.2 Å². The summed E-state index contributed by atoms with van der Waals surface area (Å²) >= 11 is 6.10. The SMILES string of the molecule is Cc1ccc(Cl)cc1N1CCN(C(=O)CNCC2CC2)CC1.Cl.Cl. The van der Waals surface area contributed by atoms with Gasteiger partial charge in [-0.15, -0.1) is 24.8 Å². The van der Waals surface area contributed by atoms with Gasteiger partial charge in [0, 0.05) is 36.9 Å². The number of carbonyl (C=O) groups is 1. The van der Waals surface area contributed by atoms with E-state index in [4.69, 9.17) is 11.6 Å². The largest absolute Gasteiger partial charge is 0.368 e. The Kier molecular flexibility index (Phi) is 8.65. The van der Waals surface area contributed by atoms with E-state index < -0.39 is 0 Å². The molecule has 3 rings (SSSR count). The van der Waals surface area contributed by atoms with Gasteiger partial charge in [0.15, 0.2) is 0 Å². The minimum atomic E-state index is 0. The van der Waals surface area contributed by atoms with Gasteiger partial charge in [-0.05, 0) is 49.9 Å². The quantitative estimate of drug-likeness (QED) is 0.833. The molecule has 1 heterocycles. The molecule has 1 aliphatic carbocycles. The van der Waals surface area contributed by atoms with Gasteiger partial charge < -0.3 is 15.1 Å². The van der Waals surface area contributed by atoms with Crippen LogP contribution in [0.1, 0.15) is 18.4 Å². The van der Waals surface area contributed by atoms with Crippen LogP contribution in [0.5, 0.6) is 0 Å². The first-order chi connectivity index (χ1) is 10.6. The predicted molar refractivity (Wildman–Crippen MR) is 105 cm³/mol. The number of anilines is 1. The third-order valence-corrected chi connectivity index (χ3v) is 4.79. The van der Waals surface area contributed by atoms with E-state index in [2.05, 4.69) is 23.2 Å². The molecule has 2 aliphatic rings. The Morgan fingerprint density at radius 2 is 1.88 bits per heavy atom. The van der Waals surface area contributed by atoms with Gasteiger partial charge >= 0.3 is 0 Å². The number of aryl methyl sites for hydroxylation is 1. The van der Waals surface area contributed by atoms with Crippen molar-refractivity contribution in [2.24, 2.45) is 5.92 Å². The van der Waals surface area contributed by atoms with E-state index in [1.54, 1.807) is 0 Å². The van der Waals surface area contributed by atoms with E-state index >= 15 is 0 Å². The Hall–Kier alpha value is -0.680. The van der Waals surface area contributed by atoms with Crippen LogP contribution >= 0.6 is 36.4 Å². The number of amides is 1. The molecular weight excluding hydrogens is 369 g/mol. The van der Waals surface area contributed by atoms with E-state index in [1.165, 1.54) is 24.1 Å². The van der Waals surface area contributed by atoms with Crippen molar-refractivity contribution in [3.05, 3.63) is 28.8 Å². The maximum atomic E-state index is 12.2. The van der Waals surface area contributed by atoms with Gasteiger partial charge in [0.05, 0.1) is 6.54 Å². The first-order valence-corrected chi connectivity index (χ1v) is 8.51. The second-order valence-corrected chi connectivity index (χ2v) is 6.81. The van der Waals surface area contributed by atoms with Crippen molar-refractivity contribution >= 4 is 48.0 Å². The molecule has 136 valence electrons. The summed E-state index contributed by atoms with van der Waals surface area (Å²) in [5.74, 6) is 1.04. The van der Waals surface area contributed by atoms with Crippen molar-refractivity contribution in [2.75, 3.05) is 44.2 Å². The Balaban J connectivity index is 0.00000144. The van der Waals surface area contributed by atoms with Crippen LogP contribution in [-0.4, -0.2) is 50.1 Å². The monoisotopic (exact) mass is 393 g/mol. The topological polar surface area (TPSA) is 35.6 Å². The molecule has 0 spiro atoms. The molecule has 1 aliphatic heterocycles. The molecule has 4 nitrogen and oxygen atoms in total. The Labute approximate surface area is 161 Å². The highest BCUT2D eigenvalue weighted by molar-refractivity contribution is 6.30. The van der Waals surface area contributed by atoms with Crippen molar-refractivity contribution < 1.29 is 4.79 Å². The van der Waals surface area contributed by atoms with Crippen LogP contribution in [0.25, 0.3) is 0 Å². The number of hydrogen-bond acceptors (Lipinski definition) is 3. The number of benzene rings is 1. The van der Waals surface area contributed by atoms with Gasteiger partial charge in [-0.25, -0.2) is 0 Å².